The van der Waals surface area contributed by atoms with Gasteiger partial charge in [-0.2, -0.15) is 0 Å². The van der Waals surface area contributed by atoms with Crippen molar-refractivity contribution in [2.75, 3.05) is 0 Å². The van der Waals surface area contributed by atoms with Gasteiger partial charge in [-0.1, -0.05) is 151 Å². The Hall–Kier alpha value is -6.38. The van der Waals surface area contributed by atoms with E-state index in [-0.39, 0.29) is 11.1 Å². The normalized spacial score (nSPS) is 19.8. The van der Waals surface area contributed by atoms with Crippen LogP contribution in [-0.2, 0) is 5.41 Å². The van der Waals surface area contributed by atoms with E-state index in [2.05, 4.69) is 4.57 Å². The standard InChI is InChI=1S/C47H31NO/c1-4-15-35(16-5-1)47(36-17-6-2-7-18-36)41-22-12-13-23-44(41)49-45-29-26-33(30-42(45)47)34-25-27-39-40-28-24-32-14-10-11-21-38(32)46(40)48(43(39)31-34)37-19-8-3-9-20-37/h1-31H/i1D,2D,4D,5D,6D,7D,12D,13D,15D,16D,17D,22D,23D,26D,29D,30D. The van der Waals surface area contributed by atoms with Gasteiger partial charge in [0.15, 0.2) is 0 Å². The van der Waals surface area contributed by atoms with Gasteiger partial charge in [0.25, 0.3) is 0 Å². The molecule has 0 N–H and O–H groups in total. The minimum Gasteiger partial charge on any atom is -0.457 e. The lowest BCUT2D eigenvalue weighted by atomic mass is 9.63. The molecule has 1 aromatic heterocycles. The fourth-order valence-electron chi connectivity index (χ4n) is 7.10. The second kappa shape index (κ2) is 10.8. The van der Waals surface area contributed by atoms with Crippen LogP contribution in [0.1, 0.15) is 44.2 Å². The number of ether oxygens (including phenoxy) is 1. The maximum absolute atomic E-state index is 10.2. The van der Waals surface area contributed by atoms with Gasteiger partial charge in [-0.25, -0.2) is 0 Å². The molecule has 1 aliphatic rings. The molecule has 0 fully saturated rings. The van der Waals surface area contributed by atoms with E-state index in [9.17, 15) is 9.60 Å². The van der Waals surface area contributed by atoms with E-state index in [1.165, 1.54) is 0 Å². The van der Waals surface area contributed by atoms with Gasteiger partial charge >= 0.3 is 0 Å². The molecule has 0 saturated carbocycles. The second-order valence-electron chi connectivity index (χ2n) is 11.7. The minimum absolute atomic E-state index is 0.212. The lowest BCUT2D eigenvalue weighted by Crippen LogP contribution is -2.34. The van der Waals surface area contributed by atoms with E-state index < -0.39 is 136 Å². The van der Waals surface area contributed by atoms with Gasteiger partial charge < -0.3 is 9.30 Å². The van der Waals surface area contributed by atoms with Crippen LogP contribution in [0.3, 0.4) is 0 Å². The van der Waals surface area contributed by atoms with Gasteiger partial charge in [-0.15, -0.1) is 0 Å². The Bertz CT molecular complexity index is 3550. The number of benzene rings is 8. The van der Waals surface area contributed by atoms with Gasteiger partial charge in [0, 0.05) is 33.0 Å². The number of rotatable bonds is 4. The zero-order valence-electron chi connectivity index (χ0n) is 41.5. The molecule has 49 heavy (non-hydrogen) atoms. The molecule has 0 amide bonds. The van der Waals surface area contributed by atoms with Crippen molar-refractivity contribution in [3.05, 3.63) is 210 Å². The van der Waals surface area contributed by atoms with Crippen molar-refractivity contribution in [3.8, 4) is 28.3 Å². The molecule has 8 aromatic carbocycles. The fourth-order valence-corrected chi connectivity index (χ4v) is 7.10. The Morgan fingerprint density at radius 3 is 2.14 bits per heavy atom. The first kappa shape index (κ1) is 16.1. The summed E-state index contributed by atoms with van der Waals surface area (Å²) in [5.74, 6) is -1.34. The summed E-state index contributed by atoms with van der Waals surface area (Å²) in [6.07, 6.45) is 0. The predicted molar refractivity (Wildman–Crippen MR) is 202 cm³/mol. The Morgan fingerprint density at radius 1 is 0.510 bits per heavy atom. The number of fused-ring (bicyclic) bond motifs is 7. The van der Waals surface area contributed by atoms with E-state index in [1.807, 2.05) is 72.8 Å². The molecule has 9 aromatic rings. The summed E-state index contributed by atoms with van der Waals surface area (Å²) in [5, 5.41) is 3.64. The highest BCUT2D eigenvalue weighted by atomic mass is 16.5. The lowest BCUT2D eigenvalue weighted by molar-refractivity contribution is 0.434. The molecule has 230 valence electrons. The first-order chi connectivity index (χ1) is 30.9. The molecule has 2 heteroatoms. The first-order valence-corrected chi connectivity index (χ1v) is 15.5. The van der Waals surface area contributed by atoms with Crippen molar-refractivity contribution in [1.29, 1.82) is 0 Å². The smallest absolute Gasteiger partial charge is 0.132 e. The number of hydrogen-bond donors (Lipinski definition) is 0. The largest absolute Gasteiger partial charge is 0.457 e. The average molecular weight is 642 g/mol. The highest BCUT2D eigenvalue weighted by Gasteiger charge is 2.45. The maximum Gasteiger partial charge on any atom is 0.132 e. The minimum atomic E-state index is -2.82. The summed E-state index contributed by atoms with van der Waals surface area (Å²) in [6, 6.07) is 14.9. The molecule has 0 saturated heterocycles. The topological polar surface area (TPSA) is 14.2 Å². The number of para-hydroxylation sites is 2. The molecule has 2 heterocycles. The van der Waals surface area contributed by atoms with Gasteiger partial charge in [-0.05, 0) is 64.0 Å². The quantitative estimate of drug-likeness (QED) is 0.186. The van der Waals surface area contributed by atoms with E-state index in [4.69, 9.17) is 17.1 Å². The van der Waals surface area contributed by atoms with Crippen molar-refractivity contribution < 1.29 is 26.7 Å². The highest BCUT2D eigenvalue weighted by Crippen LogP contribution is 2.56. The van der Waals surface area contributed by atoms with Gasteiger partial charge in [0.05, 0.1) is 38.4 Å². The SMILES string of the molecule is [2H]c1cc(C2(c3c([2H])c([2H])c([2H])c([2H])c3[2H])c3c([2H])c([2H])c([2H])c([2H])c3Oc3c([2H])c([2H])c(-c4ccc5c6ccc7ccccc7c6n(-c6ccccc6)c5c4)c([2H])c32)c([2H])c([2H])c1[2H]. The Kier molecular flexibility index (Phi) is 3.57. The second-order valence-corrected chi connectivity index (χ2v) is 11.7. The molecule has 0 aliphatic carbocycles. The van der Waals surface area contributed by atoms with Crippen LogP contribution in [0, 0.1) is 0 Å². The van der Waals surface area contributed by atoms with Crippen molar-refractivity contribution in [3.63, 3.8) is 0 Å². The number of hydrogen-bond acceptors (Lipinski definition) is 1. The zero-order chi connectivity index (χ0) is 46.3. The lowest BCUT2D eigenvalue weighted by Gasteiger charge is -2.41. The average Bonchev–Trinajstić information content (AvgIpc) is 3.65. The third-order valence-electron chi connectivity index (χ3n) is 9.17. The van der Waals surface area contributed by atoms with Gasteiger partial charge in [-0.3, -0.25) is 0 Å². The third-order valence-corrected chi connectivity index (χ3v) is 9.17. The van der Waals surface area contributed by atoms with Crippen molar-refractivity contribution in [2.24, 2.45) is 0 Å². The summed E-state index contributed by atoms with van der Waals surface area (Å²) in [6.45, 7) is 0. The molecule has 1 unspecified atom stereocenters. The summed E-state index contributed by atoms with van der Waals surface area (Å²) in [4.78, 5) is 0. The zero-order valence-corrected chi connectivity index (χ0v) is 25.5. The van der Waals surface area contributed by atoms with Crippen LogP contribution in [0.2, 0.25) is 0 Å². The van der Waals surface area contributed by atoms with E-state index in [0.717, 1.165) is 38.8 Å². The van der Waals surface area contributed by atoms with Gasteiger partial charge in [0.1, 0.15) is 11.5 Å². The predicted octanol–water partition coefficient (Wildman–Crippen LogP) is 12.1. The summed E-state index contributed by atoms with van der Waals surface area (Å²) < 4.78 is 154. The third kappa shape index (κ3) is 4.07. The molecule has 0 radical (unpaired) electrons. The molecular formula is C47H31NO. The van der Waals surface area contributed by atoms with E-state index >= 15 is 0 Å². The van der Waals surface area contributed by atoms with E-state index in [0.29, 0.717) is 5.52 Å². The van der Waals surface area contributed by atoms with Crippen LogP contribution in [0.5, 0.6) is 11.5 Å². The van der Waals surface area contributed by atoms with Crippen LogP contribution in [0.4, 0.5) is 0 Å². The molecular weight excluding hydrogens is 595 g/mol. The van der Waals surface area contributed by atoms with Crippen molar-refractivity contribution in [2.45, 2.75) is 5.41 Å². The Morgan fingerprint density at radius 2 is 1.24 bits per heavy atom. The van der Waals surface area contributed by atoms with E-state index in [1.54, 1.807) is 12.1 Å². The summed E-state index contributed by atoms with van der Waals surface area (Å²) >= 11 is 0. The summed E-state index contributed by atoms with van der Waals surface area (Å²) in [5.41, 5.74) is -2.94. The van der Waals surface area contributed by atoms with Crippen molar-refractivity contribution >= 4 is 32.6 Å². The van der Waals surface area contributed by atoms with Crippen molar-refractivity contribution in [1.82, 2.24) is 4.57 Å². The van der Waals surface area contributed by atoms with Crippen LogP contribution < -0.4 is 4.74 Å². The monoisotopic (exact) mass is 641 g/mol. The van der Waals surface area contributed by atoms with Crippen LogP contribution in [-0.4, -0.2) is 4.57 Å². The highest BCUT2D eigenvalue weighted by molar-refractivity contribution is 6.19. The maximum atomic E-state index is 10.2. The Labute approximate surface area is 307 Å². The van der Waals surface area contributed by atoms with Crippen LogP contribution in [0.15, 0.2) is 188 Å². The van der Waals surface area contributed by atoms with Crippen LogP contribution in [0.25, 0.3) is 49.4 Å². The number of nitrogens with zero attached hydrogens (tertiary/aromatic N) is 1. The molecule has 1 atom stereocenters. The molecule has 2 nitrogen and oxygen atoms in total. The van der Waals surface area contributed by atoms with Gasteiger partial charge in [0.2, 0.25) is 0 Å². The number of aromatic nitrogens is 1. The molecule has 0 bridgehead atoms. The molecule has 10 rings (SSSR count). The molecule has 1 aliphatic heterocycles. The first-order valence-electron chi connectivity index (χ1n) is 23.5. The molecule has 0 spiro atoms. The fraction of sp³-hybridized carbons (Fsp3) is 0.0213. The van der Waals surface area contributed by atoms with Crippen LogP contribution >= 0.6 is 0 Å². The summed E-state index contributed by atoms with van der Waals surface area (Å²) in [7, 11) is 0. The Balaban J connectivity index is 1.43.